The van der Waals surface area contributed by atoms with E-state index < -0.39 is 23.6 Å². The van der Waals surface area contributed by atoms with Crippen molar-refractivity contribution >= 4 is 81.8 Å². The topological polar surface area (TPSA) is 222 Å². The summed E-state index contributed by atoms with van der Waals surface area (Å²) in [5.74, 6) is 0.0319. The average Bonchev–Trinajstić information content (AvgIpc) is 3.91. The number of unbranched alkanes of at least 4 members (excludes halogenated alkanes) is 2. The number of fused-ring (bicyclic) bond motifs is 2. The molecule has 392 valence electrons. The molecule has 10 amide bonds. The first-order chi connectivity index (χ1) is 34.3. The van der Waals surface area contributed by atoms with Gasteiger partial charge in [0.2, 0.25) is 11.8 Å². The van der Waals surface area contributed by atoms with E-state index in [1.54, 1.807) is 24.3 Å². The fourth-order valence-electron chi connectivity index (χ4n) is 11.6. The van der Waals surface area contributed by atoms with E-state index in [0.717, 1.165) is 76.0 Å². The number of amides is 10. The third-order valence-electron chi connectivity index (χ3n) is 16.5. The Morgan fingerprint density at radius 3 is 1.25 bits per heavy atom. The maximum atomic E-state index is 13.9. The molecule has 2 aromatic rings. The van der Waals surface area contributed by atoms with E-state index in [1.165, 1.54) is 9.80 Å². The number of nitrogens with one attached hydrogen (secondary N) is 6. The summed E-state index contributed by atoms with van der Waals surface area (Å²) >= 11 is 3.76. The number of hydrogen-bond donors (Lipinski definition) is 6. The molecule has 6 aliphatic heterocycles. The molecule has 18 nitrogen and oxygen atoms in total. The normalized spacial score (nSPS) is 27.1. The van der Waals surface area contributed by atoms with Crippen LogP contribution in [0, 0.1) is 0 Å². The molecule has 8 rings (SSSR count). The molecule has 20 heteroatoms. The first kappa shape index (κ1) is 53.4. The van der Waals surface area contributed by atoms with Crippen LogP contribution in [-0.4, -0.2) is 178 Å². The number of hydrogen-bond acceptors (Lipinski definition) is 12. The van der Waals surface area contributed by atoms with Crippen LogP contribution >= 0.6 is 23.5 Å². The second kappa shape index (κ2) is 21.9. The molecule has 0 aromatic heterocycles. The van der Waals surface area contributed by atoms with Crippen LogP contribution in [0.15, 0.2) is 24.3 Å². The van der Waals surface area contributed by atoms with Crippen molar-refractivity contribution in [2.24, 2.45) is 0 Å². The predicted molar refractivity (Wildman–Crippen MR) is 281 cm³/mol. The van der Waals surface area contributed by atoms with E-state index in [0.29, 0.717) is 95.4 Å². The number of rotatable bonds is 26. The van der Waals surface area contributed by atoms with E-state index in [1.807, 2.05) is 37.6 Å². The van der Waals surface area contributed by atoms with Crippen molar-refractivity contribution in [3.05, 3.63) is 46.5 Å². The highest BCUT2D eigenvalue weighted by atomic mass is 32.2. The van der Waals surface area contributed by atoms with Crippen LogP contribution in [0.5, 0.6) is 0 Å². The lowest BCUT2D eigenvalue weighted by Gasteiger charge is -2.35. The minimum atomic E-state index is -0.445. The molecule has 6 heterocycles. The van der Waals surface area contributed by atoms with Crippen molar-refractivity contribution in [2.45, 2.75) is 137 Å². The Hall–Kier alpha value is -4.92. The second-order valence-corrected chi connectivity index (χ2v) is 24.0. The van der Waals surface area contributed by atoms with E-state index in [-0.39, 0.29) is 59.1 Å². The Balaban J connectivity index is 0.704. The molecule has 6 aliphatic rings. The number of carbonyl (C=O) groups excluding carboxylic acids is 8. The van der Waals surface area contributed by atoms with Crippen LogP contribution in [-0.2, 0) is 9.59 Å². The van der Waals surface area contributed by atoms with Crippen molar-refractivity contribution < 1.29 is 38.4 Å². The fourth-order valence-corrected chi connectivity index (χ4v) is 15.4. The SMILES string of the molecule is CN(CCCNC(=O)CCCCC1SC[C@]2(C)NC(=O)N[C@]12C)CCCN1C(=O)c2ccc3c4c(ccc(c24)C1=O)C(=O)N(CCCN(C)CCCNC(=O)CCCCC1SC[C@]2(C)NC(=O)N[C@]12C)C3=O. The van der Waals surface area contributed by atoms with E-state index >= 15 is 0 Å². The van der Waals surface area contributed by atoms with Gasteiger partial charge in [-0.2, -0.15) is 23.5 Å². The van der Waals surface area contributed by atoms with Crippen molar-refractivity contribution in [2.75, 3.05) is 78.0 Å². The minimum Gasteiger partial charge on any atom is -0.356 e. The van der Waals surface area contributed by atoms with Gasteiger partial charge in [0.05, 0.1) is 22.2 Å². The zero-order chi connectivity index (χ0) is 51.6. The number of imide groups is 2. The lowest BCUT2D eigenvalue weighted by Crippen LogP contribution is -2.58. The summed E-state index contributed by atoms with van der Waals surface area (Å²) in [5, 5.41) is 19.8. The molecule has 72 heavy (non-hydrogen) atoms. The Bertz CT molecular complexity index is 2260. The third-order valence-corrected chi connectivity index (χ3v) is 20.2. The molecule has 4 saturated heterocycles. The summed E-state index contributed by atoms with van der Waals surface area (Å²) in [4.78, 5) is 111. The van der Waals surface area contributed by atoms with Crippen LogP contribution in [0.25, 0.3) is 10.8 Å². The molecule has 0 saturated carbocycles. The summed E-state index contributed by atoms with van der Waals surface area (Å²) in [6, 6.07) is 6.19. The van der Waals surface area contributed by atoms with Gasteiger partial charge in [-0.1, -0.05) is 12.8 Å². The lowest BCUT2D eigenvalue weighted by atomic mass is 9.79. The molecule has 4 fully saturated rings. The maximum Gasteiger partial charge on any atom is 0.315 e. The van der Waals surface area contributed by atoms with Crippen molar-refractivity contribution in [3.8, 4) is 0 Å². The predicted octanol–water partition coefficient (Wildman–Crippen LogP) is 4.70. The van der Waals surface area contributed by atoms with E-state index in [2.05, 4.69) is 69.4 Å². The number of urea groups is 2. The van der Waals surface area contributed by atoms with Gasteiger partial charge in [0.25, 0.3) is 23.6 Å². The molecule has 0 bridgehead atoms. The van der Waals surface area contributed by atoms with Crippen molar-refractivity contribution in [3.63, 3.8) is 0 Å². The number of benzene rings is 2. The highest BCUT2D eigenvalue weighted by molar-refractivity contribution is 8.00. The van der Waals surface area contributed by atoms with E-state index in [4.69, 9.17) is 0 Å². The Labute approximate surface area is 431 Å². The van der Waals surface area contributed by atoms with E-state index in [9.17, 15) is 38.4 Å². The lowest BCUT2D eigenvalue weighted by molar-refractivity contribution is -0.122. The maximum absolute atomic E-state index is 13.9. The number of nitrogens with zero attached hydrogens (tertiary/aromatic N) is 4. The van der Waals surface area contributed by atoms with Gasteiger partial charge < -0.3 is 41.7 Å². The summed E-state index contributed by atoms with van der Waals surface area (Å²) in [5.41, 5.74) is 0.116. The monoisotopic (exact) mass is 1030 g/mol. The average molecular weight is 1030 g/mol. The minimum absolute atomic E-state index is 0.0323. The van der Waals surface area contributed by atoms with Crippen LogP contribution < -0.4 is 31.9 Å². The van der Waals surface area contributed by atoms with Gasteiger partial charge in [-0.05, 0) is 144 Å². The third kappa shape index (κ3) is 10.6. The standard InChI is InChI=1S/C52H74N10O8S2/c1-49-31-71-37(51(49,3)57-47(69)55-49)15-7-9-17-39(63)53-23-11-25-59(5)27-13-29-61-43(65)33-19-21-35-42-36(22-20-34(41(33)42)44(61)66)46(68)62(45(35)67)30-14-28-60(6)26-12-24-54-40(64)18-10-8-16-38-52(4)50(2,32-72-38)56-48(70)58-52/h19-22,37-38H,7-18,23-32H2,1-6H3,(H,53,63)(H,54,64)(H2,55,57,69)(H2,56,58,70)/t37?,38?,49-,50-,51+,52+/m0/s1. The van der Waals surface area contributed by atoms with Crippen molar-refractivity contribution in [1.82, 2.24) is 51.5 Å². The van der Waals surface area contributed by atoms with Crippen LogP contribution in [0.3, 0.4) is 0 Å². The number of carbonyl (C=O) groups is 8. The largest absolute Gasteiger partial charge is 0.356 e. The smallest absolute Gasteiger partial charge is 0.315 e. The summed E-state index contributed by atoms with van der Waals surface area (Å²) < 4.78 is 0. The van der Waals surface area contributed by atoms with Gasteiger partial charge in [0.15, 0.2) is 0 Å². The molecule has 0 radical (unpaired) electrons. The van der Waals surface area contributed by atoms with Crippen LogP contribution in [0.1, 0.15) is 146 Å². The second-order valence-electron chi connectivity index (χ2n) is 21.6. The Morgan fingerprint density at radius 2 is 0.889 bits per heavy atom. The summed E-state index contributed by atoms with van der Waals surface area (Å²) in [7, 11) is 3.95. The van der Waals surface area contributed by atoms with Gasteiger partial charge in [-0.15, -0.1) is 0 Å². The first-order valence-electron chi connectivity index (χ1n) is 26.0. The molecule has 6 atom stereocenters. The molecule has 2 unspecified atom stereocenters. The molecular weight excluding hydrogens is 957 g/mol. The summed E-state index contributed by atoms with van der Waals surface area (Å²) in [6.07, 6.45) is 8.82. The summed E-state index contributed by atoms with van der Waals surface area (Å²) in [6.45, 7) is 12.7. The number of thioether (sulfide) groups is 2. The van der Waals surface area contributed by atoms with Crippen LogP contribution in [0.4, 0.5) is 9.59 Å². The molecule has 6 N–H and O–H groups in total. The van der Waals surface area contributed by atoms with Gasteiger partial charge >= 0.3 is 12.1 Å². The van der Waals surface area contributed by atoms with Gasteiger partial charge in [0.1, 0.15) is 0 Å². The zero-order valence-corrected chi connectivity index (χ0v) is 44.5. The fraction of sp³-hybridized carbons (Fsp3) is 0.654. The Kier molecular flexibility index (Phi) is 16.2. The molecule has 0 aliphatic carbocycles. The van der Waals surface area contributed by atoms with Gasteiger partial charge in [-0.3, -0.25) is 38.6 Å². The van der Waals surface area contributed by atoms with Crippen molar-refractivity contribution in [1.29, 1.82) is 0 Å². The Morgan fingerprint density at radius 1 is 0.542 bits per heavy atom. The highest BCUT2D eigenvalue weighted by Gasteiger charge is 2.61. The first-order valence-corrected chi connectivity index (χ1v) is 28.1. The zero-order valence-electron chi connectivity index (χ0n) is 42.9. The quantitative estimate of drug-likeness (QED) is 0.0429. The van der Waals surface area contributed by atoms with Gasteiger partial charge in [-0.25, -0.2) is 9.59 Å². The molecule has 0 spiro atoms. The van der Waals surface area contributed by atoms with Gasteiger partial charge in [0, 0.05) is 94.1 Å². The highest BCUT2D eigenvalue weighted by Crippen LogP contribution is 2.48. The molecular formula is C52H74N10O8S2. The molecule has 2 aromatic carbocycles. The van der Waals surface area contributed by atoms with Crippen LogP contribution in [0.2, 0.25) is 0 Å².